The normalized spacial score (nSPS) is 12.8. The van der Waals surface area contributed by atoms with Crippen molar-refractivity contribution in [1.82, 2.24) is 10.2 Å². The Balaban J connectivity index is 4.26. The zero-order valence-electron chi connectivity index (χ0n) is 8.65. The zero-order chi connectivity index (χ0) is 9.56. The lowest BCUT2D eigenvalue weighted by molar-refractivity contribution is 0.443. The third-order valence-corrected chi connectivity index (χ3v) is 1.58. The van der Waals surface area contributed by atoms with Gasteiger partial charge in [-0.15, -0.1) is 0 Å². The maximum atomic E-state index is 3.77. The lowest BCUT2D eigenvalue weighted by atomic mass is 10.2. The summed E-state index contributed by atoms with van der Waals surface area (Å²) < 4.78 is 0. The summed E-state index contributed by atoms with van der Waals surface area (Å²) in [6, 6.07) is 0. The Bertz CT molecular complexity index is 169. The average molecular weight is 168 g/mol. The van der Waals surface area contributed by atoms with E-state index in [0.717, 1.165) is 18.8 Å². The van der Waals surface area contributed by atoms with Gasteiger partial charge in [0.25, 0.3) is 0 Å². The molecular weight excluding hydrogens is 148 g/mol. The van der Waals surface area contributed by atoms with Crippen LogP contribution in [0.25, 0.3) is 0 Å². The van der Waals surface area contributed by atoms with E-state index in [1.807, 2.05) is 6.08 Å². The highest BCUT2D eigenvalue weighted by Crippen LogP contribution is 2.02. The summed E-state index contributed by atoms with van der Waals surface area (Å²) in [6.45, 7) is 9.91. The van der Waals surface area contributed by atoms with Crippen LogP contribution in [-0.4, -0.2) is 32.1 Å². The van der Waals surface area contributed by atoms with Crippen LogP contribution in [0.1, 0.15) is 13.8 Å². The van der Waals surface area contributed by atoms with Crippen LogP contribution in [0.15, 0.2) is 23.9 Å². The first kappa shape index (κ1) is 11.2. The van der Waals surface area contributed by atoms with Crippen molar-refractivity contribution in [2.24, 2.45) is 0 Å². The van der Waals surface area contributed by atoms with E-state index < -0.39 is 0 Å². The van der Waals surface area contributed by atoms with E-state index in [1.165, 1.54) is 5.57 Å². The van der Waals surface area contributed by atoms with Gasteiger partial charge in [0.2, 0.25) is 0 Å². The van der Waals surface area contributed by atoms with Crippen LogP contribution >= 0.6 is 0 Å². The lowest BCUT2D eigenvalue weighted by Gasteiger charge is -2.14. The minimum atomic E-state index is 0.951. The molecule has 0 fully saturated rings. The van der Waals surface area contributed by atoms with Crippen molar-refractivity contribution in [3.05, 3.63) is 23.9 Å². The van der Waals surface area contributed by atoms with Gasteiger partial charge in [-0.25, -0.2) is 0 Å². The Morgan fingerprint density at radius 1 is 1.50 bits per heavy atom. The number of nitrogens with one attached hydrogen (secondary N) is 1. The molecule has 0 amide bonds. The molecule has 0 aromatic rings. The van der Waals surface area contributed by atoms with E-state index in [4.69, 9.17) is 0 Å². The molecule has 0 spiro atoms. The lowest BCUT2D eigenvalue weighted by Crippen LogP contribution is -2.19. The predicted octanol–water partition coefficient (Wildman–Crippen LogP) is 1.62. The fourth-order valence-electron chi connectivity index (χ4n) is 1.15. The topological polar surface area (TPSA) is 15.3 Å². The number of likely N-dealkylation sites (N-methyl/N-ethyl adjacent to an activating group) is 2. The molecule has 0 unspecified atom stereocenters. The van der Waals surface area contributed by atoms with Crippen LogP contribution in [0.4, 0.5) is 0 Å². The molecule has 2 heteroatoms. The Kier molecular flexibility index (Phi) is 5.47. The van der Waals surface area contributed by atoms with Gasteiger partial charge in [0.05, 0.1) is 0 Å². The van der Waals surface area contributed by atoms with Crippen molar-refractivity contribution < 1.29 is 0 Å². The molecule has 0 aromatic carbocycles. The molecule has 0 aliphatic heterocycles. The van der Waals surface area contributed by atoms with Gasteiger partial charge in [-0.1, -0.05) is 6.58 Å². The molecule has 0 bridgehead atoms. The summed E-state index contributed by atoms with van der Waals surface area (Å²) in [4.78, 5) is 2.15. The van der Waals surface area contributed by atoms with Crippen LogP contribution < -0.4 is 5.32 Å². The van der Waals surface area contributed by atoms with Gasteiger partial charge in [-0.2, -0.15) is 0 Å². The molecule has 0 saturated carbocycles. The summed E-state index contributed by atoms with van der Waals surface area (Å²) in [5.41, 5.74) is 2.49. The van der Waals surface area contributed by atoms with E-state index in [9.17, 15) is 0 Å². The van der Waals surface area contributed by atoms with Crippen molar-refractivity contribution in [1.29, 1.82) is 0 Å². The summed E-state index contributed by atoms with van der Waals surface area (Å²) in [6.07, 6.45) is 1.88. The van der Waals surface area contributed by atoms with Crippen molar-refractivity contribution in [3.8, 4) is 0 Å². The maximum absolute atomic E-state index is 3.77. The Hall–Kier alpha value is -0.760. The van der Waals surface area contributed by atoms with Crippen molar-refractivity contribution in [2.75, 3.05) is 27.2 Å². The van der Waals surface area contributed by atoms with Crippen LogP contribution in [0.3, 0.4) is 0 Å². The molecule has 0 atom stereocenters. The zero-order valence-corrected chi connectivity index (χ0v) is 8.65. The summed E-state index contributed by atoms with van der Waals surface area (Å²) in [7, 11) is 4.13. The van der Waals surface area contributed by atoms with Gasteiger partial charge in [0.1, 0.15) is 0 Å². The van der Waals surface area contributed by atoms with Crippen molar-refractivity contribution >= 4 is 0 Å². The molecule has 12 heavy (non-hydrogen) atoms. The van der Waals surface area contributed by atoms with E-state index in [-0.39, 0.29) is 0 Å². The average Bonchev–Trinajstić information content (AvgIpc) is 1.98. The molecule has 2 nitrogen and oxygen atoms in total. The highest BCUT2D eigenvalue weighted by Gasteiger charge is 1.98. The van der Waals surface area contributed by atoms with Crippen LogP contribution in [0.2, 0.25) is 0 Å². The van der Waals surface area contributed by atoms with Gasteiger partial charge in [0.15, 0.2) is 0 Å². The largest absolute Gasteiger partial charge is 0.385 e. The van der Waals surface area contributed by atoms with Gasteiger partial charge >= 0.3 is 0 Å². The SMILES string of the molecule is C=C/C(NCC)=C(/C)CN(C)C. The minimum Gasteiger partial charge on any atom is -0.385 e. The monoisotopic (exact) mass is 168 g/mol. The standard InChI is InChI=1S/C10H20N2/c1-6-10(11-7-2)9(3)8-12(4)5/h6,11H,1,7-8H2,2-5H3/b10-9+. The highest BCUT2D eigenvalue weighted by atomic mass is 15.1. The Labute approximate surface area is 76.0 Å². The van der Waals surface area contributed by atoms with Crippen LogP contribution in [0, 0.1) is 0 Å². The predicted molar refractivity (Wildman–Crippen MR) is 55.1 cm³/mol. The Morgan fingerprint density at radius 3 is 2.42 bits per heavy atom. The molecule has 0 heterocycles. The number of hydrogen-bond acceptors (Lipinski definition) is 2. The van der Waals surface area contributed by atoms with E-state index in [2.05, 4.69) is 44.7 Å². The first-order chi connectivity index (χ1) is 5.61. The van der Waals surface area contributed by atoms with Crippen molar-refractivity contribution in [3.63, 3.8) is 0 Å². The first-order valence-electron chi connectivity index (χ1n) is 4.32. The molecule has 0 aliphatic rings. The number of allylic oxidation sites excluding steroid dienone is 1. The van der Waals surface area contributed by atoms with Gasteiger partial charge in [-0.05, 0) is 39.6 Å². The van der Waals surface area contributed by atoms with Gasteiger partial charge in [-0.3, -0.25) is 0 Å². The maximum Gasteiger partial charge on any atom is 0.0336 e. The molecule has 0 aromatic heterocycles. The summed E-state index contributed by atoms with van der Waals surface area (Å²) in [5.74, 6) is 0. The van der Waals surface area contributed by atoms with E-state index >= 15 is 0 Å². The van der Waals surface area contributed by atoms with Gasteiger partial charge in [0, 0.05) is 18.8 Å². The van der Waals surface area contributed by atoms with E-state index in [0.29, 0.717) is 0 Å². The molecule has 0 aliphatic carbocycles. The number of hydrogen-bond donors (Lipinski definition) is 1. The quantitative estimate of drug-likeness (QED) is 0.627. The molecule has 70 valence electrons. The molecule has 0 radical (unpaired) electrons. The highest BCUT2D eigenvalue weighted by molar-refractivity contribution is 5.21. The van der Waals surface area contributed by atoms with E-state index in [1.54, 1.807) is 0 Å². The third-order valence-electron chi connectivity index (χ3n) is 1.58. The number of nitrogens with zero attached hydrogens (tertiary/aromatic N) is 1. The molecule has 1 N–H and O–H groups in total. The third kappa shape index (κ3) is 4.19. The second-order valence-electron chi connectivity index (χ2n) is 3.17. The Morgan fingerprint density at radius 2 is 2.08 bits per heavy atom. The second-order valence-corrected chi connectivity index (χ2v) is 3.17. The van der Waals surface area contributed by atoms with Crippen LogP contribution in [0.5, 0.6) is 0 Å². The van der Waals surface area contributed by atoms with Gasteiger partial charge < -0.3 is 10.2 Å². The smallest absolute Gasteiger partial charge is 0.0336 e. The molecular formula is C10H20N2. The fraction of sp³-hybridized carbons (Fsp3) is 0.600. The van der Waals surface area contributed by atoms with Crippen LogP contribution in [-0.2, 0) is 0 Å². The van der Waals surface area contributed by atoms with Crippen molar-refractivity contribution in [2.45, 2.75) is 13.8 Å². The number of rotatable bonds is 5. The summed E-state index contributed by atoms with van der Waals surface area (Å²) >= 11 is 0. The molecule has 0 saturated heterocycles. The summed E-state index contributed by atoms with van der Waals surface area (Å²) in [5, 5.41) is 3.27. The minimum absolute atomic E-state index is 0.951. The molecule has 0 rings (SSSR count). The first-order valence-corrected chi connectivity index (χ1v) is 4.32. The second kappa shape index (κ2) is 5.84. The fourth-order valence-corrected chi connectivity index (χ4v) is 1.15.